The highest BCUT2D eigenvalue weighted by Gasteiger charge is 2.40. The average molecular weight is 378 g/mol. The molecule has 4 atom stereocenters. The number of hydrogen-bond donors (Lipinski definition) is 2. The number of carboxylic acid groups (broad SMARTS) is 1. The molecule has 1 aliphatic rings. The van der Waals surface area contributed by atoms with Gasteiger partial charge < -0.3 is 10.2 Å². The van der Waals surface area contributed by atoms with E-state index in [1.54, 1.807) is 0 Å². The Morgan fingerprint density at radius 1 is 1.28 bits per heavy atom. The standard InChI is InChI=1S/C13H14Br2O3/c14-10-4-2-1-3-7(10)8-5-11(15)12(16)6-9(8)13(17)18/h1-4,8-9,11-12,16H,5-6H2,(H,17,18)/t8-,9+,11+,12-/m0/s1. The van der Waals surface area contributed by atoms with E-state index in [1.165, 1.54) is 0 Å². The zero-order valence-corrected chi connectivity index (χ0v) is 12.8. The lowest BCUT2D eigenvalue weighted by atomic mass is 9.74. The summed E-state index contributed by atoms with van der Waals surface area (Å²) in [5, 5.41) is 19.1. The lowest BCUT2D eigenvalue weighted by Gasteiger charge is -2.35. The molecule has 0 radical (unpaired) electrons. The Labute approximate surface area is 122 Å². The highest BCUT2D eigenvalue weighted by Crippen LogP contribution is 2.42. The third-order valence-corrected chi connectivity index (χ3v) is 5.21. The average Bonchev–Trinajstić information content (AvgIpc) is 2.32. The summed E-state index contributed by atoms with van der Waals surface area (Å²) in [6.45, 7) is 0. The van der Waals surface area contributed by atoms with Gasteiger partial charge in [0.2, 0.25) is 0 Å². The Balaban J connectivity index is 2.34. The predicted octanol–water partition coefficient (Wildman–Crippen LogP) is 3.15. The lowest BCUT2D eigenvalue weighted by Crippen LogP contribution is -2.38. The quantitative estimate of drug-likeness (QED) is 0.778. The minimum atomic E-state index is -0.839. The summed E-state index contributed by atoms with van der Waals surface area (Å²) in [7, 11) is 0. The van der Waals surface area contributed by atoms with E-state index >= 15 is 0 Å². The van der Waals surface area contributed by atoms with Crippen molar-refractivity contribution in [2.45, 2.75) is 29.7 Å². The van der Waals surface area contributed by atoms with Gasteiger partial charge in [-0.05, 0) is 30.4 Å². The topological polar surface area (TPSA) is 57.5 Å². The second kappa shape index (κ2) is 5.72. The number of aliphatic carboxylic acids is 1. The van der Waals surface area contributed by atoms with Crippen molar-refractivity contribution in [3.05, 3.63) is 34.3 Å². The zero-order chi connectivity index (χ0) is 13.3. The maximum absolute atomic E-state index is 11.4. The molecular formula is C13H14Br2O3. The number of rotatable bonds is 2. The molecule has 0 amide bonds. The van der Waals surface area contributed by atoms with Crippen LogP contribution in [0.15, 0.2) is 28.7 Å². The Hall–Kier alpha value is -0.390. The van der Waals surface area contributed by atoms with Gasteiger partial charge in [0, 0.05) is 9.30 Å². The van der Waals surface area contributed by atoms with Gasteiger partial charge in [0.15, 0.2) is 0 Å². The van der Waals surface area contributed by atoms with Gasteiger partial charge >= 0.3 is 5.97 Å². The van der Waals surface area contributed by atoms with E-state index in [0.29, 0.717) is 6.42 Å². The summed E-state index contributed by atoms with van der Waals surface area (Å²) in [5.74, 6) is -1.45. The highest BCUT2D eigenvalue weighted by atomic mass is 79.9. The smallest absolute Gasteiger partial charge is 0.307 e. The maximum Gasteiger partial charge on any atom is 0.307 e. The van der Waals surface area contributed by atoms with Crippen molar-refractivity contribution in [1.29, 1.82) is 0 Å². The third kappa shape index (κ3) is 2.78. The monoisotopic (exact) mass is 376 g/mol. The maximum atomic E-state index is 11.4. The first-order chi connectivity index (χ1) is 8.50. The first kappa shape index (κ1) is 14.0. The molecule has 2 rings (SSSR count). The van der Waals surface area contributed by atoms with Crippen molar-refractivity contribution in [3.63, 3.8) is 0 Å². The molecule has 5 heteroatoms. The molecule has 98 valence electrons. The minimum absolute atomic E-state index is 0.0507. The van der Waals surface area contributed by atoms with Gasteiger partial charge in [-0.2, -0.15) is 0 Å². The van der Waals surface area contributed by atoms with Crippen LogP contribution in [0.2, 0.25) is 0 Å². The SMILES string of the molecule is O=C(O)[C@@H]1C[C@H](O)[C@H](Br)C[C@H]1c1ccccc1Br. The van der Waals surface area contributed by atoms with Crippen LogP contribution in [0.1, 0.15) is 24.3 Å². The summed E-state index contributed by atoms with van der Waals surface area (Å²) < 4.78 is 0.928. The molecule has 0 bridgehead atoms. The molecule has 1 aromatic rings. The molecule has 1 fully saturated rings. The number of carbonyl (C=O) groups is 1. The molecule has 0 spiro atoms. The van der Waals surface area contributed by atoms with Crippen molar-refractivity contribution in [1.82, 2.24) is 0 Å². The second-order valence-corrected chi connectivity index (χ2v) is 6.66. The van der Waals surface area contributed by atoms with Crippen molar-refractivity contribution >= 4 is 37.8 Å². The van der Waals surface area contributed by atoms with Gasteiger partial charge in [-0.1, -0.05) is 50.1 Å². The molecule has 0 unspecified atom stereocenters. The third-order valence-electron chi connectivity index (χ3n) is 3.50. The number of carboxylic acids is 1. The molecule has 1 saturated carbocycles. The molecular weight excluding hydrogens is 364 g/mol. The van der Waals surface area contributed by atoms with E-state index in [-0.39, 0.29) is 17.2 Å². The minimum Gasteiger partial charge on any atom is -0.481 e. The Bertz CT molecular complexity index is 450. The van der Waals surface area contributed by atoms with E-state index in [4.69, 9.17) is 0 Å². The molecule has 3 nitrogen and oxygen atoms in total. The van der Waals surface area contributed by atoms with Crippen LogP contribution in [0.25, 0.3) is 0 Å². The fraction of sp³-hybridized carbons (Fsp3) is 0.462. The van der Waals surface area contributed by atoms with Crippen molar-refractivity contribution in [2.75, 3.05) is 0 Å². The van der Waals surface area contributed by atoms with Crippen LogP contribution in [0, 0.1) is 5.92 Å². The van der Waals surface area contributed by atoms with E-state index in [1.807, 2.05) is 24.3 Å². The van der Waals surface area contributed by atoms with Gasteiger partial charge in [0.05, 0.1) is 12.0 Å². The number of alkyl halides is 1. The number of halogens is 2. The van der Waals surface area contributed by atoms with E-state index in [2.05, 4.69) is 31.9 Å². The van der Waals surface area contributed by atoms with Crippen LogP contribution in [-0.2, 0) is 4.79 Å². The summed E-state index contributed by atoms with van der Waals surface area (Å²) >= 11 is 6.91. The Kier molecular flexibility index (Phi) is 4.45. The molecule has 1 aliphatic carbocycles. The van der Waals surface area contributed by atoms with Gasteiger partial charge in [-0.3, -0.25) is 4.79 Å². The normalized spacial score (nSPS) is 32.2. The molecule has 18 heavy (non-hydrogen) atoms. The van der Waals surface area contributed by atoms with Crippen LogP contribution in [-0.4, -0.2) is 27.1 Å². The van der Waals surface area contributed by atoms with Crippen molar-refractivity contribution < 1.29 is 15.0 Å². The molecule has 0 heterocycles. The van der Waals surface area contributed by atoms with E-state index in [9.17, 15) is 15.0 Å². The van der Waals surface area contributed by atoms with Crippen LogP contribution in [0.4, 0.5) is 0 Å². The number of hydrogen-bond acceptors (Lipinski definition) is 2. The first-order valence-corrected chi connectivity index (χ1v) is 7.51. The van der Waals surface area contributed by atoms with Crippen LogP contribution < -0.4 is 0 Å². The van der Waals surface area contributed by atoms with Gasteiger partial charge in [0.25, 0.3) is 0 Å². The van der Waals surface area contributed by atoms with E-state index < -0.39 is 18.0 Å². The summed E-state index contributed by atoms with van der Waals surface area (Å²) in [4.78, 5) is 11.3. The number of aliphatic hydroxyl groups excluding tert-OH is 1. The number of aliphatic hydroxyl groups is 1. The predicted molar refractivity (Wildman–Crippen MR) is 76.0 cm³/mol. The second-order valence-electron chi connectivity index (χ2n) is 4.63. The fourth-order valence-corrected chi connectivity index (χ4v) is 3.73. The molecule has 2 N–H and O–H groups in total. The van der Waals surface area contributed by atoms with Crippen LogP contribution in [0.3, 0.4) is 0 Å². The highest BCUT2D eigenvalue weighted by molar-refractivity contribution is 9.10. The van der Waals surface area contributed by atoms with Gasteiger partial charge in [0.1, 0.15) is 0 Å². The summed E-state index contributed by atoms with van der Waals surface area (Å²) in [6, 6.07) is 7.69. The van der Waals surface area contributed by atoms with Crippen LogP contribution >= 0.6 is 31.9 Å². The van der Waals surface area contributed by atoms with Crippen molar-refractivity contribution in [3.8, 4) is 0 Å². The molecule has 0 saturated heterocycles. The first-order valence-electron chi connectivity index (χ1n) is 5.80. The van der Waals surface area contributed by atoms with Crippen LogP contribution in [0.5, 0.6) is 0 Å². The van der Waals surface area contributed by atoms with Gasteiger partial charge in [-0.15, -0.1) is 0 Å². The molecule has 1 aromatic carbocycles. The number of benzene rings is 1. The zero-order valence-electron chi connectivity index (χ0n) is 9.59. The van der Waals surface area contributed by atoms with E-state index in [0.717, 1.165) is 10.0 Å². The largest absolute Gasteiger partial charge is 0.481 e. The molecule has 0 aliphatic heterocycles. The summed E-state index contributed by atoms with van der Waals surface area (Å²) in [6.07, 6.45) is 0.322. The fourth-order valence-electron chi connectivity index (χ4n) is 2.53. The van der Waals surface area contributed by atoms with Gasteiger partial charge in [-0.25, -0.2) is 0 Å². The summed E-state index contributed by atoms with van der Waals surface area (Å²) in [5.41, 5.74) is 1.00. The van der Waals surface area contributed by atoms with Crippen molar-refractivity contribution in [2.24, 2.45) is 5.92 Å². The molecule has 0 aromatic heterocycles. The Morgan fingerprint density at radius 3 is 2.56 bits per heavy atom. The Morgan fingerprint density at radius 2 is 1.94 bits per heavy atom. The lowest BCUT2D eigenvalue weighted by molar-refractivity contribution is -0.144.